The molecule has 1 aliphatic heterocycles. The second-order valence-electron chi connectivity index (χ2n) is 5.81. The number of hydrogen-bond donors (Lipinski definition) is 0. The Hall–Kier alpha value is -1.39. The Morgan fingerprint density at radius 2 is 2.00 bits per heavy atom. The van der Waals surface area contributed by atoms with Gasteiger partial charge in [0.15, 0.2) is 5.78 Å². The average molecular weight is 291 g/mol. The average Bonchev–Trinajstić information content (AvgIpc) is 2.39. The highest BCUT2D eigenvalue weighted by molar-refractivity contribution is 6.00. The minimum Gasteiger partial charge on any atom is -0.493 e. The van der Waals surface area contributed by atoms with Crippen LogP contribution in [0.1, 0.15) is 36.7 Å². The first-order chi connectivity index (χ1) is 9.99. The quantitative estimate of drug-likeness (QED) is 0.782. The molecule has 0 amide bonds. The Labute approximate surface area is 127 Å². The van der Waals surface area contributed by atoms with E-state index in [1.54, 1.807) is 0 Å². The third kappa shape index (κ3) is 4.29. The number of ether oxygens (including phenoxy) is 2. The van der Waals surface area contributed by atoms with E-state index in [1.165, 1.54) is 0 Å². The lowest BCUT2D eigenvalue weighted by molar-refractivity contribution is -0.0652. The molecular formula is C17H25NO3. The van der Waals surface area contributed by atoms with Crippen LogP contribution in [0.25, 0.3) is 0 Å². The van der Waals surface area contributed by atoms with Crippen molar-refractivity contribution in [2.24, 2.45) is 0 Å². The van der Waals surface area contributed by atoms with E-state index < -0.39 is 0 Å². The Kier molecular flexibility index (Phi) is 5.37. The summed E-state index contributed by atoms with van der Waals surface area (Å²) in [5.74, 6) is 0.797. The topological polar surface area (TPSA) is 38.8 Å². The van der Waals surface area contributed by atoms with Gasteiger partial charge in [0.25, 0.3) is 0 Å². The van der Waals surface area contributed by atoms with Crippen molar-refractivity contribution in [3.63, 3.8) is 0 Å². The van der Waals surface area contributed by atoms with Crippen LogP contribution in [0.3, 0.4) is 0 Å². The maximum atomic E-state index is 12.6. The van der Waals surface area contributed by atoms with Crippen LogP contribution in [0.2, 0.25) is 0 Å². The molecule has 0 aliphatic carbocycles. The van der Waals surface area contributed by atoms with Gasteiger partial charge in [-0.1, -0.05) is 11.6 Å². The van der Waals surface area contributed by atoms with Crippen molar-refractivity contribution in [1.82, 2.24) is 4.90 Å². The van der Waals surface area contributed by atoms with Crippen LogP contribution >= 0.6 is 0 Å². The van der Waals surface area contributed by atoms with Crippen LogP contribution < -0.4 is 4.74 Å². The van der Waals surface area contributed by atoms with Crippen LogP contribution in [0, 0.1) is 6.92 Å². The van der Waals surface area contributed by atoms with Crippen molar-refractivity contribution in [3.8, 4) is 5.75 Å². The number of aryl methyl sites for hydroxylation is 1. The first kappa shape index (κ1) is 16.0. The summed E-state index contributed by atoms with van der Waals surface area (Å²) in [4.78, 5) is 14.8. The van der Waals surface area contributed by atoms with Gasteiger partial charge in [0, 0.05) is 13.1 Å². The lowest BCUT2D eigenvalue weighted by Crippen LogP contribution is -2.47. The molecule has 21 heavy (non-hydrogen) atoms. The van der Waals surface area contributed by atoms with Gasteiger partial charge in [-0.05, 0) is 39.8 Å². The van der Waals surface area contributed by atoms with Gasteiger partial charge < -0.3 is 9.47 Å². The largest absolute Gasteiger partial charge is 0.493 e. The van der Waals surface area contributed by atoms with Gasteiger partial charge in [-0.15, -0.1) is 0 Å². The molecule has 1 aromatic carbocycles. The third-order valence-electron chi connectivity index (χ3n) is 3.60. The molecule has 0 bridgehead atoms. The molecule has 1 aromatic rings. The molecule has 0 radical (unpaired) electrons. The number of carbonyl (C=O) groups excluding carboxylic acids is 1. The zero-order valence-electron chi connectivity index (χ0n) is 13.4. The lowest BCUT2D eigenvalue weighted by Gasteiger charge is -2.34. The first-order valence-electron chi connectivity index (χ1n) is 7.64. The summed E-state index contributed by atoms with van der Waals surface area (Å²) in [6, 6.07) is 5.78. The standard InChI is InChI=1S/C17H25NO3/c1-5-20-17-7-6-12(2)8-15(17)16(19)11-18-9-13(3)21-14(4)10-18/h6-8,13-14H,5,9-11H2,1-4H3. The van der Waals surface area contributed by atoms with Gasteiger partial charge in [-0.3, -0.25) is 9.69 Å². The summed E-state index contributed by atoms with van der Waals surface area (Å²) < 4.78 is 11.3. The van der Waals surface area contributed by atoms with E-state index in [4.69, 9.17) is 9.47 Å². The highest BCUT2D eigenvalue weighted by atomic mass is 16.5. The molecular weight excluding hydrogens is 266 g/mol. The van der Waals surface area contributed by atoms with Crippen LogP contribution in [0.4, 0.5) is 0 Å². The fraction of sp³-hybridized carbons (Fsp3) is 0.588. The van der Waals surface area contributed by atoms with Crippen molar-refractivity contribution < 1.29 is 14.3 Å². The number of carbonyl (C=O) groups is 1. The fourth-order valence-corrected chi connectivity index (χ4v) is 2.84. The van der Waals surface area contributed by atoms with Gasteiger partial charge in [-0.25, -0.2) is 0 Å². The van der Waals surface area contributed by atoms with Crippen LogP contribution in [0.5, 0.6) is 5.75 Å². The molecule has 1 aliphatic rings. The number of Topliss-reactive ketones (excluding diaryl/α,β-unsaturated/α-hetero) is 1. The number of ketones is 1. The highest BCUT2D eigenvalue weighted by Crippen LogP contribution is 2.22. The zero-order valence-corrected chi connectivity index (χ0v) is 13.4. The molecule has 2 unspecified atom stereocenters. The summed E-state index contributed by atoms with van der Waals surface area (Å²) in [5, 5.41) is 0. The summed E-state index contributed by atoms with van der Waals surface area (Å²) in [6.07, 6.45) is 0.343. The van der Waals surface area contributed by atoms with Gasteiger partial charge in [0.1, 0.15) is 5.75 Å². The van der Waals surface area contributed by atoms with Crippen molar-refractivity contribution in [2.45, 2.75) is 39.9 Å². The van der Waals surface area contributed by atoms with Gasteiger partial charge in [-0.2, -0.15) is 0 Å². The van der Waals surface area contributed by atoms with E-state index in [0.29, 0.717) is 24.5 Å². The third-order valence-corrected chi connectivity index (χ3v) is 3.60. The molecule has 1 saturated heterocycles. The smallest absolute Gasteiger partial charge is 0.180 e. The Morgan fingerprint density at radius 3 is 2.62 bits per heavy atom. The number of morpholine rings is 1. The molecule has 4 heteroatoms. The molecule has 2 rings (SSSR count). The molecule has 4 nitrogen and oxygen atoms in total. The summed E-state index contributed by atoms with van der Waals surface area (Å²) >= 11 is 0. The van der Waals surface area contributed by atoms with Gasteiger partial charge in [0.2, 0.25) is 0 Å². The Morgan fingerprint density at radius 1 is 1.33 bits per heavy atom. The van der Waals surface area contributed by atoms with Crippen molar-refractivity contribution in [1.29, 1.82) is 0 Å². The first-order valence-corrected chi connectivity index (χ1v) is 7.64. The molecule has 1 heterocycles. The van der Waals surface area contributed by atoms with Crippen LogP contribution in [0.15, 0.2) is 18.2 Å². The minimum atomic E-state index is 0.114. The van der Waals surface area contributed by atoms with E-state index in [-0.39, 0.29) is 18.0 Å². The normalized spacial score (nSPS) is 23.0. The van der Waals surface area contributed by atoms with Crippen LogP contribution in [-0.2, 0) is 4.74 Å². The number of benzene rings is 1. The second kappa shape index (κ2) is 7.05. The van der Waals surface area contributed by atoms with Crippen molar-refractivity contribution >= 4 is 5.78 Å². The molecule has 0 aromatic heterocycles. The molecule has 0 saturated carbocycles. The molecule has 2 atom stereocenters. The lowest BCUT2D eigenvalue weighted by atomic mass is 10.1. The molecule has 0 spiro atoms. The van der Waals surface area contributed by atoms with E-state index >= 15 is 0 Å². The van der Waals surface area contributed by atoms with Crippen molar-refractivity contribution in [3.05, 3.63) is 29.3 Å². The van der Waals surface area contributed by atoms with Crippen LogP contribution in [-0.4, -0.2) is 49.1 Å². The minimum absolute atomic E-state index is 0.114. The second-order valence-corrected chi connectivity index (χ2v) is 5.81. The molecule has 116 valence electrons. The fourth-order valence-electron chi connectivity index (χ4n) is 2.84. The SMILES string of the molecule is CCOc1ccc(C)cc1C(=O)CN1CC(C)OC(C)C1. The Balaban J connectivity index is 2.10. The Bertz CT molecular complexity index is 491. The van der Waals surface area contributed by atoms with Gasteiger partial charge >= 0.3 is 0 Å². The monoisotopic (exact) mass is 291 g/mol. The highest BCUT2D eigenvalue weighted by Gasteiger charge is 2.25. The molecule has 0 N–H and O–H groups in total. The van der Waals surface area contributed by atoms with E-state index in [0.717, 1.165) is 18.7 Å². The number of nitrogens with zero attached hydrogens (tertiary/aromatic N) is 1. The zero-order chi connectivity index (χ0) is 15.4. The summed E-state index contributed by atoms with van der Waals surface area (Å²) in [5.41, 5.74) is 1.76. The summed E-state index contributed by atoms with van der Waals surface area (Å²) in [7, 11) is 0. The van der Waals surface area contributed by atoms with E-state index in [9.17, 15) is 4.79 Å². The predicted molar refractivity (Wildman–Crippen MR) is 83.1 cm³/mol. The summed E-state index contributed by atoms with van der Waals surface area (Å²) in [6.45, 7) is 10.6. The maximum absolute atomic E-state index is 12.6. The van der Waals surface area contributed by atoms with Gasteiger partial charge in [0.05, 0.1) is 30.9 Å². The maximum Gasteiger partial charge on any atom is 0.180 e. The van der Waals surface area contributed by atoms with Crippen molar-refractivity contribution in [2.75, 3.05) is 26.2 Å². The van der Waals surface area contributed by atoms with E-state index in [1.807, 2.05) is 45.9 Å². The predicted octanol–water partition coefficient (Wildman–Crippen LogP) is 2.69. The number of hydrogen-bond acceptors (Lipinski definition) is 4. The molecule has 1 fully saturated rings. The van der Waals surface area contributed by atoms with E-state index in [2.05, 4.69) is 4.90 Å². The number of rotatable bonds is 5.